The molecular formula is C15H26N4O. The third kappa shape index (κ3) is 3.39. The minimum atomic E-state index is 0.191. The highest BCUT2D eigenvalue weighted by atomic mass is 16.2. The van der Waals surface area contributed by atoms with Gasteiger partial charge in [-0.2, -0.15) is 5.10 Å². The SMILES string of the molecule is Cc1nn(CC(=O)N2CCCC2)c(C)c1CNC(C)C. The van der Waals surface area contributed by atoms with E-state index < -0.39 is 0 Å². The van der Waals surface area contributed by atoms with Crippen LogP contribution in [0.1, 0.15) is 43.6 Å². The predicted molar refractivity (Wildman–Crippen MR) is 79.5 cm³/mol. The number of hydrogen-bond donors (Lipinski definition) is 1. The van der Waals surface area contributed by atoms with E-state index >= 15 is 0 Å². The Labute approximate surface area is 121 Å². The van der Waals surface area contributed by atoms with Gasteiger partial charge >= 0.3 is 0 Å². The van der Waals surface area contributed by atoms with Gasteiger partial charge in [-0.05, 0) is 26.7 Å². The van der Waals surface area contributed by atoms with Gasteiger partial charge in [0.05, 0.1) is 5.69 Å². The molecule has 0 unspecified atom stereocenters. The summed E-state index contributed by atoms with van der Waals surface area (Å²) >= 11 is 0. The number of likely N-dealkylation sites (tertiary alicyclic amines) is 1. The number of amides is 1. The second kappa shape index (κ2) is 6.39. The average Bonchev–Trinajstić information content (AvgIpc) is 2.98. The third-order valence-corrected chi connectivity index (χ3v) is 3.96. The summed E-state index contributed by atoms with van der Waals surface area (Å²) in [7, 11) is 0. The summed E-state index contributed by atoms with van der Waals surface area (Å²) in [4.78, 5) is 14.1. The van der Waals surface area contributed by atoms with Crippen LogP contribution in [-0.2, 0) is 17.9 Å². The average molecular weight is 278 g/mol. The van der Waals surface area contributed by atoms with Crippen LogP contribution in [-0.4, -0.2) is 39.7 Å². The molecule has 1 aromatic rings. The van der Waals surface area contributed by atoms with E-state index in [0.29, 0.717) is 12.6 Å². The van der Waals surface area contributed by atoms with Crippen molar-refractivity contribution in [1.82, 2.24) is 20.0 Å². The zero-order valence-electron chi connectivity index (χ0n) is 13.1. The zero-order chi connectivity index (χ0) is 14.7. The Bertz CT molecular complexity index is 472. The molecule has 0 saturated carbocycles. The Morgan fingerprint density at radius 2 is 1.95 bits per heavy atom. The molecule has 0 radical (unpaired) electrons. The van der Waals surface area contributed by atoms with E-state index in [1.807, 2.05) is 16.5 Å². The van der Waals surface area contributed by atoms with Gasteiger partial charge in [0.2, 0.25) is 5.91 Å². The standard InChI is InChI=1S/C15H26N4O/c1-11(2)16-9-14-12(3)17-19(13(14)4)10-15(20)18-7-5-6-8-18/h11,16H,5-10H2,1-4H3. The van der Waals surface area contributed by atoms with Crippen molar-refractivity contribution in [2.45, 2.75) is 59.7 Å². The molecule has 5 nitrogen and oxygen atoms in total. The first-order valence-corrected chi connectivity index (χ1v) is 7.53. The molecule has 1 aromatic heterocycles. The lowest BCUT2D eigenvalue weighted by Gasteiger charge is -2.15. The van der Waals surface area contributed by atoms with Gasteiger partial charge in [-0.3, -0.25) is 9.48 Å². The molecule has 5 heteroatoms. The summed E-state index contributed by atoms with van der Waals surface area (Å²) in [5.74, 6) is 0.191. The fourth-order valence-corrected chi connectivity index (χ4v) is 2.64. The van der Waals surface area contributed by atoms with E-state index in [4.69, 9.17) is 0 Å². The van der Waals surface area contributed by atoms with Crippen LogP contribution >= 0.6 is 0 Å². The van der Waals surface area contributed by atoms with Crippen molar-refractivity contribution < 1.29 is 4.79 Å². The Hall–Kier alpha value is -1.36. The molecule has 2 rings (SSSR count). The number of aromatic nitrogens is 2. The van der Waals surface area contributed by atoms with E-state index in [0.717, 1.165) is 43.9 Å². The molecule has 0 aromatic carbocycles. The Kier molecular flexibility index (Phi) is 4.81. The molecule has 1 aliphatic heterocycles. The van der Waals surface area contributed by atoms with Gasteiger partial charge in [-0.1, -0.05) is 13.8 Å². The molecule has 20 heavy (non-hydrogen) atoms. The first-order valence-electron chi connectivity index (χ1n) is 7.53. The minimum absolute atomic E-state index is 0.191. The van der Waals surface area contributed by atoms with Crippen molar-refractivity contribution in [1.29, 1.82) is 0 Å². The number of carbonyl (C=O) groups is 1. The monoisotopic (exact) mass is 278 g/mol. The molecule has 1 fully saturated rings. The van der Waals surface area contributed by atoms with E-state index in [2.05, 4.69) is 31.2 Å². The van der Waals surface area contributed by atoms with Gasteiger partial charge in [0.1, 0.15) is 6.54 Å². The highest BCUT2D eigenvalue weighted by Crippen LogP contribution is 2.14. The molecule has 0 bridgehead atoms. The van der Waals surface area contributed by atoms with Gasteiger partial charge in [0.25, 0.3) is 0 Å². The van der Waals surface area contributed by atoms with Crippen LogP contribution in [0.2, 0.25) is 0 Å². The lowest BCUT2D eigenvalue weighted by atomic mass is 10.2. The lowest BCUT2D eigenvalue weighted by molar-refractivity contribution is -0.130. The smallest absolute Gasteiger partial charge is 0.244 e. The van der Waals surface area contributed by atoms with Gasteiger partial charge in [-0.15, -0.1) is 0 Å². The van der Waals surface area contributed by atoms with Crippen molar-refractivity contribution >= 4 is 5.91 Å². The van der Waals surface area contributed by atoms with Gasteiger partial charge < -0.3 is 10.2 Å². The third-order valence-electron chi connectivity index (χ3n) is 3.96. The van der Waals surface area contributed by atoms with Crippen LogP contribution in [0, 0.1) is 13.8 Å². The predicted octanol–water partition coefficient (Wildman–Crippen LogP) is 1.62. The Morgan fingerprint density at radius 1 is 1.30 bits per heavy atom. The molecule has 1 saturated heterocycles. The normalized spacial score (nSPS) is 15.3. The maximum atomic E-state index is 12.2. The van der Waals surface area contributed by atoms with Gasteiger partial charge in [0, 0.05) is 36.9 Å². The van der Waals surface area contributed by atoms with Crippen molar-refractivity contribution in [2.24, 2.45) is 0 Å². The number of rotatable bonds is 5. The molecule has 0 aliphatic carbocycles. The van der Waals surface area contributed by atoms with Crippen molar-refractivity contribution in [3.05, 3.63) is 17.0 Å². The molecule has 0 spiro atoms. The molecule has 1 N–H and O–H groups in total. The van der Waals surface area contributed by atoms with Crippen LogP contribution in [0.25, 0.3) is 0 Å². The number of carbonyl (C=O) groups excluding carboxylic acids is 1. The largest absolute Gasteiger partial charge is 0.341 e. The summed E-state index contributed by atoms with van der Waals surface area (Å²) in [6.07, 6.45) is 2.26. The molecule has 2 heterocycles. The highest BCUT2D eigenvalue weighted by Gasteiger charge is 2.20. The second-order valence-corrected chi connectivity index (χ2v) is 5.93. The molecular weight excluding hydrogens is 252 g/mol. The van der Waals surface area contributed by atoms with E-state index in [1.54, 1.807) is 0 Å². The maximum Gasteiger partial charge on any atom is 0.244 e. The summed E-state index contributed by atoms with van der Waals surface area (Å²) in [6, 6.07) is 0.448. The Morgan fingerprint density at radius 3 is 2.55 bits per heavy atom. The minimum Gasteiger partial charge on any atom is -0.341 e. The summed E-state index contributed by atoms with van der Waals surface area (Å²) in [6.45, 7) is 11.3. The summed E-state index contributed by atoms with van der Waals surface area (Å²) in [5, 5.41) is 7.95. The first-order chi connectivity index (χ1) is 9.49. The van der Waals surface area contributed by atoms with E-state index in [9.17, 15) is 4.79 Å². The molecule has 112 valence electrons. The van der Waals surface area contributed by atoms with E-state index in [1.165, 1.54) is 5.56 Å². The lowest BCUT2D eigenvalue weighted by Crippen LogP contribution is -2.31. The zero-order valence-corrected chi connectivity index (χ0v) is 13.1. The number of nitrogens with one attached hydrogen (secondary N) is 1. The molecule has 1 amide bonds. The van der Waals surface area contributed by atoms with Crippen LogP contribution in [0.4, 0.5) is 0 Å². The molecule has 1 aliphatic rings. The van der Waals surface area contributed by atoms with E-state index in [-0.39, 0.29) is 5.91 Å². The number of nitrogens with zero attached hydrogens (tertiary/aromatic N) is 3. The second-order valence-electron chi connectivity index (χ2n) is 5.93. The summed E-state index contributed by atoms with van der Waals surface area (Å²) in [5.41, 5.74) is 3.33. The van der Waals surface area contributed by atoms with Crippen molar-refractivity contribution in [3.8, 4) is 0 Å². The van der Waals surface area contributed by atoms with Crippen LogP contribution < -0.4 is 5.32 Å². The fraction of sp³-hybridized carbons (Fsp3) is 0.733. The van der Waals surface area contributed by atoms with Crippen LogP contribution in [0.15, 0.2) is 0 Å². The first kappa shape index (κ1) is 15.0. The number of hydrogen-bond acceptors (Lipinski definition) is 3. The number of aryl methyl sites for hydroxylation is 1. The summed E-state index contributed by atoms with van der Waals surface area (Å²) < 4.78 is 1.85. The molecule has 0 atom stereocenters. The highest BCUT2D eigenvalue weighted by molar-refractivity contribution is 5.76. The maximum absolute atomic E-state index is 12.2. The topological polar surface area (TPSA) is 50.2 Å². The Balaban J connectivity index is 2.04. The quantitative estimate of drug-likeness (QED) is 0.890. The van der Waals surface area contributed by atoms with Gasteiger partial charge in [0.15, 0.2) is 0 Å². The van der Waals surface area contributed by atoms with Crippen LogP contribution in [0.3, 0.4) is 0 Å². The van der Waals surface area contributed by atoms with Gasteiger partial charge in [-0.25, -0.2) is 0 Å². The van der Waals surface area contributed by atoms with Crippen molar-refractivity contribution in [2.75, 3.05) is 13.1 Å². The fourth-order valence-electron chi connectivity index (χ4n) is 2.64. The van der Waals surface area contributed by atoms with Crippen LogP contribution in [0.5, 0.6) is 0 Å². The van der Waals surface area contributed by atoms with Crippen molar-refractivity contribution in [3.63, 3.8) is 0 Å².